The van der Waals surface area contributed by atoms with Gasteiger partial charge in [-0.15, -0.1) is 0 Å². The van der Waals surface area contributed by atoms with Crippen molar-refractivity contribution in [3.05, 3.63) is 16.7 Å². The molecule has 0 bridgehead atoms. The molecule has 3 nitrogen and oxygen atoms in total. The van der Waals surface area contributed by atoms with Gasteiger partial charge in [-0.2, -0.15) is 0 Å². The molecule has 0 aliphatic rings. The summed E-state index contributed by atoms with van der Waals surface area (Å²) < 4.78 is 9.96. The maximum atomic E-state index is 9.43. The topological polar surface area (TPSA) is 38.7 Å². The highest BCUT2D eigenvalue weighted by Crippen LogP contribution is 2.42. The van der Waals surface area contributed by atoms with E-state index in [4.69, 9.17) is 21.1 Å². The molecule has 1 aromatic carbocycles. The van der Waals surface area contributed by atoms with Crippen molar-refractivity contribution < 1.29 is 14.6 Å². The SMILES string of the molecule is COc1c(C)cc(O)c(OC)c1Cl. The summed E-state index contributed by atoms with van der Waals surface area (Å²) >= 11 is 5.91. The van der Waals surface area contributed by atoms with Gasteiger partial charge >= 0.3 is 0 Å². The number of halogens is 1. The summed E-state index contributed by atoms with van der Waals surface area (Å²) in [5, 5.41) is 9.72. The number of ether oxygens (including phenoxy) is 2. The van der Waals surface area contributed by atoms with Crippen LogP contribution < -0.4 is 9.47 Å². The highest BCUT2D eigenvalue weighted by Gasteiger charge is 2.15. The normalized spacial score (nSPS) is 9.85. The number of methoxy groups -OCH3 is 2. The zero-order valence-corrected chi connectivity index (χ0v) is 8.47. The molecule has 13 heavy (non-hydrogen) atoms. The molecule has 1 N–H and O–H groups in total. The molecular formula is C9H11ClO3. The molecular weight excluding hydrogens is 192 g/mol. The first-order valence-corrected chi connectivity index (χ1v) is 4.09. The van der Waals surface area contributed by atoms with Crippen LogP contribution in [0.3, 0.4) is 0 Å². The summed E-state index contributed by atoms with van der Waals surface area (Å²) in [6, 6.07) is 1.55. The average Bonchev–Trinajstić information content (AvgIpc) is 2.04. The molecule has 1 rings (SSSR count). The smallest absolute Gasteiger partial charge is 0.182 e. The van der Waals surface area contributed by atoms with Gasteiger partial charge in [0.2, 0.25) is 0 Å². The first-order chi connectivity index (χ1) is 6.11. The number of aryl methyl sites for hydroxylation is 1. The lowest BCUT2D eigenvalue weighted by Gasteiger charge is -2.11. The van der Waals surface area contributed by atoms with Gasteiger partial charge in [0.15, 0.2) is 11.5 Å². The fraction of sp³-hybridized carbons (Fsp3) is 0.333. The minimum atomic E-state index is 0.0193. The van der Waals surface area contributed by atoms with E-state index in [0.29, 0.717) is 10.8 Å². The van der Waals surface area contributed by atoms with Crippen LogP contribution in [0, 0.1) is 6.92 Å². The Hall–Kier alpha value is -1.09. The summed E-state index contributed by atoms with van der Waals surface area (Å²) in [6.45, 7) is 1.80. The number of benzene rings is 1. The Morgan fingerprint density at radius 3 is 2.23 bits per heavy atom. The van der Waals surface area contributed by atoms with Crippen LogP contribution in [0.2, 0.25) is 5.02 Å². The van der Waals surface area contributed by atoms with Crippen molar-refractivity contribution in [2.45, 2.75) is 6.92 Å². The molecule has 0 fully saturated rings. The van der Waals surface area contributed by atoms with E-state index in [1.165, 1.54) is 14.2 Å². The van der Waals surface area contributed by atoms with Gasteiger partial charge in [-0.25, -0.2) is 0 Å². The first-order valence-electron chi connectivity index (χ1n) is 3.71. The van der Waals surface area contributed by atoms with Gasteiger partial charge in [0, 0.05) is 0 Å². The monoisotopic (exact) mass is 202 g/mol. The Bertz CT molecular complexity index is 295. The van der Waals surface area contributed by atoms with E-state index in [-0.39, 0.29) is 11.5 Å². The zero-order valence-electron chi connectivity index (χ0n) is 7.72. The maximum Gasteiger partial charge on any atom is 0.182 e. The molecule has 0 aliphatic heterocycles. The molecule has 0 saturated heterocycles. The highest BCUT2D eigenvalue weighted by molar-refractivity contribution is 6.34. The van der Waals surface area contributed by atoms with E-state index in [9.17, 15) is 5.11 Å². The van der Waals surface area contributed by atoms with Gasteiger partial charge in [-0.3, -0.25) is 0 Å². The van der Waals surface area contributed by atoms with Crippen molar-refractivity contribution in [1.29, 1.82) is 0 Å². The summed E-state index contributed by atoms with van der Waals surface area (Å²) in [6.07, 6.45) is 0. The van der Waals surface area contributed by atoms with Crippen molar-refractivity contribution >= 4 is 11.6 Å². The Kier molecular flexibility index (Phi) is 2.88. The molecule has 0 aromatic heterocycles. The molecule has 0 radical (unpaired) electrons. The standard InChI is InChI=1S/C9H11ClO3/c1-5-4-6(11)9(13-3)7(10)8(5)12-2/h4,11H,1-3H3. The van der Waals surface area contributed by atoms with E-state index in [0.717, 1.165) is 5.56 Å². The third-order valence-electron chi connectivity index (χ3n) is 1.75. The van der Waals surface area contributed by atoms with E-state index in [1.807, 2.05) is 0 Å². The lowest BCUT2D eigenvalue weighted by atomic mass is 10.2. The largest absolute Gasteiger partial charge is 0.504 e. The molecule has 72 valence electrons. The van der Waals surface area contributed by atoms with Crippen LogP contribution in [0.5, 0.6) is 17.2 Å². The molecule has 4 heteroatoms. The van der Waals surface area contributed by atoms with Gasteiger partial charge in [-0.05, 0) is 18.6 Å². The van der Waals surface area contributed by atoms with E-state index >= 15 is 0 Å². The summed E-state index contributed by atoms with van der Waals surface area (Å²) in [4.78, 5) is 0. The van der Waals surface area contributed by atoms with E-state index in [2.05, 4.69) is 0 Å². The van der Waals surface area contributed by atoms with Crippen molar-refractivity contribution in [3.63, 3.8) is 0 Å². The van der Waals surface area contributed by atoms with Crippen LogP contribution in [0.15, 0.2) is 6.07 Å². The Balaban J connectivity index is 3.39. The highest BCUT2D eigenvalue weighted by atomic mass is 35.5. The van der Waals surface area contributed by atoms with Crippen molar-refractivity contribution in [1.82, 2.24) is 0 Å². The molecule has 0 saturated carbocycles. The number of aromatic hydroxyl groups is 1. The number of phenols is 1. The average molecular weight is 203 g/mol. The van der Waals surface area contributed by atoms with Gasteiger partial charge in [-0.1, -0.05) is 11.6 Å². The van der Waals surface area contributed by atoms with Crippen LogP contribution in [0.4, 0.5) is 0 Å². The molecule has 1 aromatic rings. The minimum Gasteiger partial charge on any atom is -0.504 e. The molecule has 0 unspecified atom stereocenters. The lowest BCUT2D eigenvalue weighted by Crippen LogP contribution is -1.92. The Morgan fingerprint density at radius 1 is 1.23 bits per heavy atom. The van der Waals surface area contributed by atoms with Gasteiger partial charge in [0.1, 0.15) is 10.8 Å². The third-order valence-corrected chi connectivity index (χ3v) is 2.09. The third kappa shape index (κ3) is 1.65. The molecule has 0 spiro atoms. The van der Waals surface area contributed by atoms with Crippen LogP contribution >= 0.6 is 11.6 Å². The second kappa shape index (κ2) is 3.75. The van der Waals surface area contributed by atoms with Crippen LogP contribution in [0.1, 0.15) is 5.56 Å². The summed E-state index contributed by atoms with van der Waals surface area (Å²) in [5.74, 6) is 0.784. The fourth-order valence-electron chi connectivity index (χ4n) is 1.17. The number of hydrogen-bond donors (Lipinski definition) is 1. The Labute approximate surface area is 81.9 Å². The number of hydrogen-bond acceptors (Lipinski definition) is 3. The molecule has 0 heterocycles. The lowest BCUT2D eigenvalue weighted by molar-refractivity contribution is 0.363. The van der Waals surface area contributed by atoms with E-state index < -0.39 is 0 Å². The van der Waals surface area contributed by atoms with Crippen molar-refractivity contribution in [3.8, 4) is 17.2 Å². The van der Waals surface area contributed by atoms with Gasteiger partial charge in [0.25, 0.3) is 0 Å². The molecule has 0 atom stereocenters. The first kappa shape index (κ1) is 9.99. The Morgan fingerprint density at radius 2 is 1.77 bits per heavy atom. The second-order valence-corrected chi connectivity index (χ2v) is 2.97. The van der Waals surface area contributed by atoms with Crippen LogP contribution in [0.25, 0.3) is 0 Å². The van der Waals surface area contributed by atoms with Gasteiger partial charge < -0.3 is 14.6 Å². The second-order valence-electron chi connectivity index (χ2n) is 2.59. The maximum absolute atomic E-state index is 9.43. The number of rotatable bonds is 2. The van der Waals surface area contributed by atoms with Crippen LogP contribution in [-0.4, -0.2) is 19.3 Å². The quantitative estimate of drug-likeness (QED) is 0.800. The zero-order chi connectivity index (χ0) is 10.0. The van der Waals surface area contributed by atoms with E-state index in [1.54, 1.807) is 13.0 Å². The molecule has 0 amide bonds. The predicted octanol–water partition coefficient (Wildman–Crippen LogP) is 2.37. The fourth-order valence-corrected chi connectivity index (χ4v) is 1.57. The number of phenolic OH excluding ortho intramolecular Hbond substituents is 1. The molecule has 0 aliphatic carbocycles. The summed E-state index contributed by atoms with van der Waals surface area (Å²) in [7, 11) is 2.96. The minimum absolute atomic E-state index is 0.0193. The van der Waals surface area contributed by atoms with Gasteiger partial charge in [0.05, 0.1) is 14.2 Å². The summed E-state index contributed by atoms with van der Waals surface area (Å²) in [5.41, 5.74) is 0.769. The van der Waals surface area contributed by atoms with Crippen molar-refractivity contribution in [2.75, 3.05) is 14.2 Å². The van der Waals surface area contributed by atoms with Crippen molar-refractivity contribution in [2.24, 2.45) is 0 Å². The van der Waals surface area contributed by atoms with Crippen LogP contribution in [-0.2, 0) is 0 Å². The predicted molar refractivity (Wildman–Crippen MR) is 51.0 cm³/mol.